The minimum absolute atomic E-state index is 0.205. The number of amides is 1. The molecule has 0 saturated carbocycles. The number of hydrogen-bond donors (Lipinski definition) is 2. The number of carbonyl (C=O) groups is 1. The van der Waals surface area contributed by atoms with E-state index in [0.29, 0.717) is 0 Å². The molecule has 0 aromatic rings. The zero-order chi connectivity index (χ0) is 12.5. The fourth-order valence-corrected chi connectivity index (χ4v) is 1.77. The zero-order valence-electron chi connectivity index (χ0n) is 9.97. The van der Waals surface area contributed by atoms with Crippen LogP contribution in [-0.2, 0) is 14.2 Å². The Morgan fingerprint density at radius 2 is 2.06 bits per heavy atom. The third kappa shape index (κ3) is 2.45. The summed E-state index contributed by atoms with van der Waals surface area (Å²) in [5.41, 5.74) is 4.37. The van der Waals surface area contributed by atoms with Crippen molar-refractivity contribution in [2.24, 2.45) is 11.7 Å². The van der Waals surface area contributed by atoms with E-state index < -0.39 is 30.2 Å². The van der Waals surface area contributed by atoms with Gasteiger partial charge in [0, 0.05) is 13.0 Å². The maximum absolute atomic E-state index is 10.7. The first kappa shape index (κ1) is 13.2. The Bertz CT molecular complexity index is 266. The van der Waals surface area contributed by atoms with Gasteiger partial charge in [-0.15, -0.1) is 0 Å². The molecule has 0 aromatic carbocycles. The molecule has 6 nitrogen and oxygen atoms in total. The molecule has 16 heavy (non-hydrogen) atoms. The van der Waals surface area contributed by atoms with E-state index in [1.54, 1.807) is 0 Å². The third-order valence-electron chi connectivity index (χ3n) is 3.12. The first-order chi connectivity index (χ1) is 7.29. The zero-order valence-corrected chi connectivity index (χ0v) is 9.97. The van der Waals surface area contributed by atoms with Gasteiger partial charge in [-0.2, -0.15) is 0 Å². The molecule has 0 bridgehead atoms. The number of rotatable bonds is 2. The van der Waals surface area contributed by atoms with Crippen LogP contribution in [0.1, 0.15) is 20.8 Å². The molecule has 4 atom stereocenters. The van der Waals surface area contributed by atoms with Crippen LogP contribution in [0, 0.1) is 5.92 Å². The Morgan fingerprint density at radius 3 is 2.50 bits per heavy atom. The predicted octanol–water partition coefficient (Wildman–Crippen LogP) is 0.229. The summed E-state index contributed by atoms with van der Waals surface area (Å²) in [5, 5.41) is 10.0. The molecular weight excluding hydrogens is 214 g/mol. The second-order valence-electron chi connectivity index (χ2n) is 4.51. The minimum atomic E-state index is -0.957. The molecule has 6 heteroatoms. The highest BCUT2D eigenvalue weighted by Crippen LogP contribution is 2.35. The second-order valence-corrected chi connectivity index (χ2v) is 4.51. The monoisotopic (exact) mass is 233 g/mol. The standard InChI is InChI=1S/C10H19NO5/c1-5-6(12)7(15-9(11)13)8(14-4)16-10(5,2)3/h5-8,12H,1-4H3,(H2,11,13)/t5-,6+,7+,8?/m1/s1. The summed E-state index contributed by atoms with van der Waals surface area (Å²) in [4.78, 5) is 10.7. The maximum Gasteiger partial charge on any atom is 0.405 e. The van der Waals surface area contributed by atoms with Crippen molar-refractivity contribution in [1.82, 2.24) is 0 Å². The molecule has 1 aliphatic rings. The average molecular weight is 233 g/mol. The SMILES string of the molecule is COC1OC(C)(C)[C@H](C)[C@H](O)[C@@H]1OC(N)=O. The summed E-state index contributed by atoms with van der Waals surface area (Å²) in [7, 11) is 1.42. The molecule has 0 aromatic heterocycles. The normalized spacial score (nSPS) is 38.1. The first-order valence-corrected chi connectivity index (χ1v) is 5.14. The molecule has 1 heterocycles. The van der Waals surface area contributed by atoms with Crippen LogP contribution in [0.3, 0.4) is 0 Å². The summed E-state index contributed by atoms with van der Waals surface area (Å²) in [6.07, 6.45) is -3.54. The number of methoxy groups -OCH3 is 1. The van der Waals surface area contributed by atoms with Crippen molar-refractivity contribution >= 4 is 6.09 Å². The van der Waals surface area contributed by atoms with Crippen LogP contribution >= 0.6 is 0 Å². The molecule has 3 N–H and O–H groups in total. The Balaban J connectivity index is 2.86. The van der Waals surface area contributed by atoms with Gasteiger partial charge in [-0.25, -0.2) is 4.79 Å². The number of hydrogen-bond acceptors (Lipinski definition) is 5. The van der Waals surface area contributed by atoms with Crippen molar-refractivity contribution in [1.29, 1.82) is 0 Å². The largest absolute Gasteiger partial charge is 0.438 e. The second kappa shape index (κ2) is 4.57. The van der Waals surface area contributed by atoms with E-state index in [9.17, 15) is 9.90 Å². The average Bonchev–Trinajstić information content (AvgIpc) is 2.18. The fourth-order valence-electron chi connectivity index (χ4n) is 1.77. The minimum Gasteiger partial charge on any atom is -0.438 e. The van der Waals surface area contributed by atoms with Gasteiger partial charge < -0.3 is 25.1 Å². The van der Waals surface area contributed by atoms with Crippen LogP contribution in [0.4, 0.5) is 4.79 Å². The number of aliphatic hydroxyl groups excluding tert-OH is 1. The van der Waals surface area contributed by atoms with Gasteiger partial charge in [0.15, 0.2) is 12.4 Å². The molecular formula is C10H19NO5. The molecule has 0 spiro atoms. The Labute approximate surface area is 94.7 Å². The molecule has 1 rings (SSSR count). The number of ether oxygens (including phenoxy) is 3. The van der Waals surface area contributed by atoms with E-state index in [0.717, 1.165) is 0 Å². The topological polar surface area (TPSA) is 91.0 Å². The van der Waals surface area contributed by atoms with Crippen molar-refractivity contribution in [2.45, 2.75) is 44.9 Å². The Hall–Kier alpha value is -0.850. The van der Waals surface area contributed by atoms with Gasteiger partial charge in [-0.05, 0) is 13.8 Å². The van der Waals surface area contributed by atoms with E-state index in [4.69, 9.17) is 19.9 Å². The lowest BCUT2D eigenvalue weighted by Crippen LogP contribution is -2.59. The van der Waals surface area contributed by atoms with Crippen molar-refractivity contribution in [3.8, 4) is 0 Å². The van der Waals surface area contributed by atoms with Crippen molar-refractivity contribution in [2.75, 3.05) is 7.11 Å². The summed E-state index contributed by atoms with van der Waals surface area (Å²) in [6.45, 7) is 5.49. The van der Waals surface area contributed by atoms with Crippen molar-refractivity contribution in [3.05, 3.63) is 0 Å². The highest BCUT2D eigenvalue weighted by atomic mass is 16.7. The van der Waals surface area contributed by atoms with Gasteiger partial charge in [0.05, 0.1) is 5.60 Å². The van der Waals surface area contributed by atoms with E-state index in [2.05, 4.69) is 0 Å². The molecule has 0 radical (unpaired) electrons. The van der Waals surface area contributed by atoms with Crippen LogP contribution < -0.4 is 5.73 Å². The quantitative estimate of drug-likeness (QED) is 0.712. The van der Waals surface area contributed by atoms with E-state index in [1.807, 2.05) is 20.8 Å². The Kier molecular flexibility index (Phi) is 3.77. The van der Waals surface area contributed by atoms with Gasteiger partial charge >= 0.3 is 6.09 Å². The molecule has 0 aliphatic carbocycles. The summed E-state index contributed by atoms with van der Waals surface area (Å²) in [6, 6.07) is 0. The molecule has 94 valence electrons. The molecule has 1 unspecified atom stereocenters. The smallest absolute Gasteiger partial charge is 0.405 e. The summed E-state index contributed by atoms with van der Waals surface area (Å²) < 4.78 is 15.5. The highest BCUT2D eigenvalue weighted by Gasteiger charge is 2.49. The van der Waals surface area contributed by atoms with Crippen LogP contribution in [0.2, 0.25) is 0 Å². The highest BCUT2D eigenvalue weighted by molar-refractivity contribution is 5.64. The van der Waals surface area contributed by atoms with E-state index >= 15 is 0 Å². The lowest BCUT2D eigenvalue weighted by atomic mass is 9.82. The van der Waals surface area contributed by atoms with E-state index in [1.165, 1.54) is 7.11 Å². The van der Waals surface area contributed by atoms with Crippen LogP contribution in [0.5, 0.6) is 0 Å². The van der Waals surface area contributed by atoms with Gasteiger partial charge in [0.2, 0.25) is 0 Å². The van der Waals surface area contributed by atoms with Crippen LogP contribution in [0.15, 0.2) is 0 Å². The van der Waals surface area contributed by atoms with Gasteiger partial charge in [0.1, 0.15) is 6.10 Å². The maximum atomic E-state index is 10.7. The lowest BCUT2D eigenvalue weighted by molar-refractivity contribution is -0.301. The van der Waals surface area contributed by atoms with Crippen molar-refractivity contribution in [3.63, 3.8) is 0 Å². The predicted molar refractivity (Wildman–Crippen MR) is 55.6 cm³/mol. The number of aliphatic hydroxyl groups is 1. The van der Waals surface area contributed by atoms with Gasteiger partial charge in [-0.3, -0.25) is 0 Å². The van der Waals surface area contributed by atoms with E-state index in [-0.39, 0.29) is 5.92 Å². The summed E-state index contributed by atoms with van der Waals surface area (Å²) >= 11 is 0. The fraction of sp³-hybridized carbons (Fsp3) is 0.900. The molecule has 1 saturated heterocycles. The van der Waals surface area contributed by atoms with Gasteiger partial charge in [-0.1, -0.05) is 6.92 Å². The number of carbonyl (C=O) groups excluding carboxylic acids is 1. The first-order valence-electron chi connectivity index (χ1n) is 5.14. The Morgan fingerprint density at radius 1 is 1.50 bits per heavy atom. The molecule has 1 amide bonds. The number of primary amides is 1. The van der Waals surface area contributed by atoms with Crippen LogP contribution in [0.25, 0.3) is 0 Å². The van der Waals surface area contributed by atoms with Crippen molar-refractivity contribution < 1.29 is 24.1 Å². The third-order valence-corrected chi connectivity index (χ3v) is 3.12. The van der Waals surface area contributed by atoms with Crippen LogP contribution in [-0.4, -0.2) is 42.4 Å². The molecule has 1 aliphatic heterocycles. The molecule has 1 fully saturated rings. The van der Waals surface area contributed by atoms with Gasteiger partial charge in [0.25, 0.3) is 0 Å². The summed E-state index contributed by atoms with van der Waals surface area (Å²) in [5.74, 6) is -0.205. The number of nitrogens with two attached hydrogens (primary N) is 1. The lowest BCUT2D eigenvalue weighted by Gasteiger charge is -2.46.